The standard InChI is InChI=1S/C18H16INO5/c1-24-17(22)13-4-2-12(3-5-13)10-20-16(21)11-25-18(23)14-6-8-15(19)9-7-14/h2-9H,10-11H2,1H3,(H,20,21). The summed E-state index contributed by atoms with van der Waals surface area (Å²) in [4.78, 5) is 34.9. The average Bonchev–Trinajstić information content (AvgIpc) is 2.64. The highest BCUT2D eigenvalue weighted by molar-refractivity contribution is 14.1. The maximum Gasteiger partial charge on any atom is 0.338 e. The molecule has 0 heterocycles. The van der Waals surface area contributed by atoms with Crippen molar-refractivity contribution >= 4 is 40.4 Å². The Morgan fingerprint density at radius 2 is 1.48 bits per heavy atom. The minimum absolute atomic E-state index is 0.265. The third-order valence-corrected chi connectivity index (χ3v) is 4.00. The van der Waals surface area contributed by atoms with Crippen LogP contribution in [0.25, 0.3) is 0 Å². The first-order chi connectivity index (χ1) is 12.0. The molecule has 0 bridgehead atoms. The number of methoxy groups -OCH3 is 1. The minimum atomic E-state index is -0.547. The summed E-state index contributed by atoms with van der Waals surface area (Å²) < 4.78 is 10.6. The lowest BCUT2D eigenvalue weighted by Gasteiger charge is -2.07. The third kappa shape index (κ3) is 5.86. The molecule has 0 saturated heterocycles. The molecule has 0 fully saturated rings. The smallest absolute Gasteiger partial charge is 0.338 e. The maximum atomic E-state index is 11.8. The summed E-state index contributed by atoms with van der Waals surface area (Å²) in [6.45, 7) is -0.0908. The lowest BCUT2D eigenvalue weighted by molar-refractivity contribution is -0.124. The Morgan fingerprint density at radius 1 is 0.920 bits per heavy atom. The van der Waals surface area contributed by atoms with E-state index >= 15 is 0 Å². The van der Waals surface area contributed by atoms with Gasteiger partial charge in [0.15, 0.2) is 6.61 Å². The Morgan fingerprint density at radius 3 is 2.08 bits per heavy atom. The Hall–Kier alpha value is -2.42. The van der Waals surface area contributed by atoms with E-state index in [0.717, 1.165) is 9.13 Å². The molecule has 0 atom stereocenters. The van der Waals surface area contributed by atoms with Gasteiger partial charge in [-0.1, -0.05) is 12.1 Å². The number of hydrogen-bond acceptors (Lipinski definition) is 5. The molecular weight excluding hydrogens is 437 g/mol. The van der Waals surface area contributed by atoms with Crippen LogP contribution in [0.4, 0.5) is 0 Å². The minimum Gasteiger partial charge on any atom is -0.465 e. The summed E-state index contributed by atoms with van der Waals surface area (Å²) in [5.41, 5.74) is 1.64. The van der Waals surface area contributed by atoms with Gasteiger partial charge in [-0.25, -0.2) is 9.59 Å². The van der Waals surface area contributed by atoms with Crippen molar-refractivity contribution in [2.45, 2.75) is 6.54 Å². The second-order valence-corrected chi connectivity index (χ2v) is 6.29. The Kier molecular flexibility index (Phi) is 6.93. The van der Waals surface area contributed by atoms with Crippen LogP contribution in [0.5, 0.6) is 0 Å². The van der Waals surface area contributed by atoms with Crippen LogP contribution in [-0.4, -0.2) is 31.6 Å². The highest BCUT2D eigenvalue weighted by atomic mass is 127. The highest BCUT2D eigenvalue weighted by Crippen LogP contribution is 2.08. The Bertz CT molecular complexity index is 756. The van der Waals surface area contributed by atoms with E-state index in [4.69, 9.17) is 4.74 Å². The molecule has 2 aromatic carbocycles. The van der Waals surface area contributed by atoms with Gasteiger partial charge < -0.3 is 14.8 Å². The first-order valence-electron chi connectivity index (χ1n) is 7.36. The van der Waals surface area contributed by atoms with Gasteiger partial charge in [0.2, 0.25) is 0 Å². The van der Waals surface area contributed by atoms with Crippen LogP contribution in [0.1, 0.15) is 26.3 Å². The van der Waals surface area contributed by atoms with E-state index < -0.39 is 17.8 Å². The van der Waals surface area contributed by atoms with Gasteiger partial charge in [-0.05, 0) is 64.6 Å². The van der Waals surface area contributed by atoms with Crippen LogP contribution >= 0.6 is 22.6 Å². The lowest BCUT2D eigenvalue weighted by Crippen LogP contribution is -2.28. The number of halogens is 1. The number of benzene rings is 2. The molecule has 0 aliphatic rings. The first-order valence-corrected chi connectivity index (χ1v) is 8.44. The number of rotatable bonds is 6. The van der Waals surface area contributed by atoms with Crippen molar-refractivity contribution in [3.63, 3.8) is 0 Å². The van der Waals surface area contributed by atoms with Crippen LogP contribution in [0.15, 0.2) is 48.5 Å². The van der Waals surface area contributed by atoms with Crippen LogP contribution < -0.4 is 5.32 Å². The SMILES string of the molecule is COC(=O)c1ccc(CNC(=O)COC(=O)c2ccc(I)cc2)cc1. The van der Waals surface area contributed by atoms with Crippen molar-refractivity contribution in [3.8, 4) is 0 Å². The number of amides is 1. The number of ether oxygens (including phenoxy) is 2. The summed E-state index contributed by atoms with van der Waals surface area (Å²) in [5, 5.41) is 2.64. The lowest BCUT2D eigenvalue weighted by atomic mass is 10.1. The molecule has 6 nitrogen and oxygen atoms in total. The van der Waals surface area contributed by atoms with E-state index in [1.165, 1.54) is 7.11 Å². The summed E-state index contributed by atoms with van der Waals surface area (Å²) in [6, 6.07) is 13.5. The van der Waals surface area contributed by atoms with Gasteiger partial charge >= 0.3 is 11.9 Å². The van der Waals surface area contributed by atoms with E-state index in [-0.39, 0.29) is 13.2 Å². The summed E-state index contributed by atoms with van der Waals surface area (Å²) in [5.74, 6) is -1.37. The van der Waals surface area contributed by atoms with Crippen molar-refractivity contribution in [3.05, 3.63) is 68.8 Å². The van der Waals surface area contributed by atoms with Gasteiger partial charge in [0.25, 0.3) is 5.91 Å². The fraction of sp³-hybridized carbons (Fsp3) is 0.167. The molecule has 2 rings (SSSR count). The summed E-state index contributed by atoms with van der Waals surface area (Å²) >= 11 is 2.13. The number of esters is 2. The van der Waals surface area contributed by atoms with Crippen LogP contribution in [0, 0.1) is 3.57 Å². The zero-order valence-corrected chi connectivity index (χ0v) is 15.6. The average molecular weight is 453 g/mol. The van der Waals surface area contributed by atoms with E-state index in [0.29, 0.717) is 11.1 Å². The van der Waals surface area contributed by atoms with E-state index in [1.807, 2.05) is 0 Å². The highest BCUT2D eigenvalue weighted by Gasteiger charge is 2.10. The number of nitrogens with one attached hydrogen (secondary N) is 1. The van der Waals surface area contributed by atoms with Crippen LogP contribution in [0.2, 0.25) is 0 Å². The second kappa shape index (κ2) is 9.16. The van der Waals surface area contributed by atoms with Crippen LogP contribution in [0.3, 0.4) is 0 Å². The molecule has 0 aliphatic heterocycles. The number of carbonyl (C=O) groups is 3. The topological polar surface area (TPSA) is 81.7 Å². The monoisotopic (exact) mass is 453 g/mol. The molecule has 25 heavy (non-hydrogen) atoms. The zero-order valence-electron chi connectivity index (χ0n) is 13.5. The number of hydrogen-bond donors (Lipinski definition) is 1. The van der Waals surface area contributed by atoms with Gasteiger partial charge in [0.05, 0.1) is 18.2 Å². The zero-order chi connectivity index (χ0) is 18.2. The predicted octanol–water partition coefficient (Wildman–Crippen LogP) is 2.55. The fourth-order valence-corrected chi connectivity index (χ4v) is 2.29. The Labute approximate surface area is 158 Å². The van der Waals surface area contributed by atoms with E-state index in [9.17, 15) is 14.4 Å². The molecule has 0 aliphatic carbocycles. The van der Waals surface area contributed by atoms with Crippen molar-refractivity contribution in [1.82, 2.24) is 5.32 Å². The second-order valence-electron chi connectivity index (χ2n) is 5.05. The predicted molar refractivity (Wildman–Crippen MR) is 99.1 cm³/mol. The van der Waals surface area contributed by atoms with Gasteiger partial charge in [-0.15, -0.1) is 0 Å². The third-order valence-electron chi connectivity index (χ3n) is 3.28. The molecule has 2 aromatic rings. The van der Waals surface area contributed by atoms with Gasteiger partial charge in [-0.3, -0.25) is 4.79 Å². The van der Waals surface area contributed by atoms with Gasteiger partial charge in [0, 0.05) is 10.1 Å². The van der Waals surface area contributed by atoms with Crippen molar-refractivity contribution in [2.24, 2.45) is 0 Å². The van der Waals surface area contributed by atoms with E-state index in [2.05, 4.69) is 32.6 Å². The van der Waals surface area contributed by atoms with E-state index in [1.54, 1.807) is 48.5 Å². The molecule has 0 spiro atoms. The molecule has 0 aromatic heterocycles. The van der Waals surface area contributed by atoms with Gasteiger partial charge in [0.1, 0.15) is 0 Å². The molecule has 0 radical (unpaired) electrons. The van der Waals surface area contributed by atoms with Crippen molar-refractivity contribution in [1.29, 1.82) is 0 Å². The molecule has 130 valence electrons. The molecule has 1 N–H and O–H groups in total. The summed E-state index contributed by atoms with van der Waals surface area (Å²) in [7, 11) is 1.31. The summed E-state index contributed by atoms with van der Waals surface area (Å²) in [6.07, 6.45) is 0. The Balaban J connectivity index is 1.77. The number of carbonyl (C=O) groups excluding carboxylic acids is 3. The molecular formula is C18H16INO5. The largest absolute Gasteiger partial charge is 0.465 e. The first kappa shape index (κ1) is 18.9. The molecule has 7 heteroatoms. The van der Waals surface area contributed by atoms with Crippen LogP contribution in [-0.2, 0) is 20.8 Å². The normalized spacial score (nSPS) is 10.0. The maximum absolute atomic E-state index is 11.8. The van der Waals surface area contributed by atoms with Crippen molar-refractivity contribution < 1.29 is 23.9 Å². The quantitative estimate of drug-likeness (QED) is 0.537. The van der Waals surface area contributed by atoms with Crippen molar-refractivity contribution in [2.75, 3.05) is 13.7 Å². The molecule has 0 unspecified atom stereocenters. The fourth-order valence-electron chi connectivity index (χ4n) is 1.93. The van der Waals surface area contributed by atoms with Gasteiger partial charge in [-0.2, -0.15) is 0 Å². The molecule has 0 saturated carbocycles. The molecule has 1 amide bonds.